The summed E-state index contributed by atoms with van der Waals surface area (Å²) in [6.07, 6.45) is 0.257. The maximum absolute atomic E-state index is 12.6. The normalized spacial score (nSPS) is 18.0. The minimum absolute atomic E-state index is 0.0777. The third kappa shape index (κ3) is 4.84. The van der Waals surface area contributed by atoms with Crippen molar-refractivity contribution in [1.82, 2.24) is 10.2 Å². The van der Waals surface area contributed by atoms with E-state index in [1.165, 1.54) is 11.3 Å². The second-order valence-electron chi connectivity index (χ2n) is 6.33. The van der Waals surface area contributed by atoms with Crippen molar-refractivity contribution >= 4 is 39.3 Å². The Labute approximate surface area is 148 Å². The maximum atomic E-state index is 12.6. The first-order chi connectivity index (χ1) is 10.7. The lowest BCUT2D eigenvalue weighted by atomic mass is 10.2. The quantitative estimate of drug-likeness (QED) is 0.839. The summed E-state index contributed by atoms with van der Waals surface area (Å²) in [6.45, 7) is 6.52. The summed E-state index contributed by atoms with van der Waals surface area (Å²) in [5.74, 6) is 0.487. The fourth-order valence-electron chi connectivity index (χ4n) is 2.33. The molecular formula is C15H21BrN2O4S. The van der Waals surface area contributed by atoms with Crippen LogP contribution in [0.1, 0.15) is 36.9 Å². The van der Waals surface area contributed by atoms with Crippen LogP contribution in [0.3, 0.4) is 0 Å². The van der Waals surface area contributed by atoms with E-state index in [-0.39, 0.29) is 11.9 Å². The molecule has 0 aromatic carbocycles. The van der Waals surface area contributed by atoms with Gasteiger partial charge in [-0.3, -0.25) is 4.79 Å². The van der Waals surface area contributed by atoms with Crippen molar-refractivity contribution in [2.24, 2.45) is 0 Å². The molecule has 2 heterocycles. The summed E-state index contributed by atoms with van der Waals surface area (Å²) >= 11 is 4.71. The Kier molecular flexibility index (Phi) is 5.57. The molecule has 128 valence electrons. The molecule has 1 saturated heterocycles. The van der Waals surface area contributed by atoms with Gasteiger partial charge in [0.15, 0.2) is 0 Å². The van der Waals surface area contributed by atoms with E-state index in [0.29, 0.717) is 30.1 Å². The van der Waals surface area contributed by atoms with Crippen LogP contribution in [0.5, 0.6) is 5.75 Å². The minimum atomic E-state index is -0.533. The summed E-state index contributed by atoms with van der Waals surface area (Å²) in [5, 5.41) is 2.81. The van der Waals surface area contributed by atoms with Crippen LogP contribution >= 0.6 is 27.3 Å². The van der Waals surface area contributed by atoms with Gasteiger partial charge in [-0.1, -0.05) is 0 Å². The van der Waals surface area contributed by atoms with Crippen LogP contribution in [0, 0.1) is 0 Å². The molecule has 0 spiro atoms. The van der Waals surface area contributed by atoms with E-state index in [9.17, 15) is 9.59 Å². The molecule has 0 bridgehead atoms. The number of hydrogen-bond donors (Lipinski definition) is 1. The van der Waals surface area contributed by atoms with Crippen LogP contribution < -0.4 is 10.1 Å². The average Bonchev–Trinajstić information content (AvgIpc) is 3.02. The molecule has 1 fully saturated rings. The third-order valence-corrected chi connectivity index (χ3v) is 4.89. The molecule has 0 aliphatic carbocycles. The van der Waals surface area contributed by atoms with E-state index in [4.69, 9.17) is 9.47 Å². The second-order valence-corrected chi connectivity index (χ2v) is 8.76. The summed E-state index contributed by atoms with van der Waals surface area (Å²) in [5.41, 5.74) is -0.533. The van der Waals surface area contributed by atoms with Crippen molar-refractivity contribution in [2.45, 2.75) is 38.8 Å². The lowest BCUT2D eigenvalue weighted by Gasteiger charge is -2.22. The van der Waals surface area contributed by atoms with E-state index in [1.807, 2.05) is 20.8 Å². The SMILES string of the molecule is COc1cc(Br)sc1C(=O)N1CC[C@H](NC(=O)OC(C)(C)C)C1. The molecule has 6 nitrogen and oxygen atoms in total. The number of rotatable bonds is 3. The number of hydrogen-bond acceptors (Lipinski definition) is 5. The molecule has 1 atom stereocenters. The number of halogens is 1. The Morgan fingerprint density at radius 1 is 1.43 bits per heavy atom. The highest BCUT2D eigenvalue weighted by Crippen LogP contribution is 2.34. The number of nitrogens with zero attached hydrogens (tertiary/aromatic N) is 1. The third-order valence-electron chi connectivity index (χ3n) is 3.28. The number of carbonyl (C=O) groups is 2. The summed E-state index contributed by atoms with van der Waals surface area (Å²) in [7, 11) is 1.54. The van der Waals surface area contributed by atoms with Gasteiger partial charge in [0.25, 0.3) is 5.91 Å². The maximum Gasteiger partial charge on any atom is 0.407 e. The standard InChI is InChI=1S/C15H21BrN2O4S/c1-15(2,3)22-14(20)17-9-5-6-18(8-9)13(19)12-10(21-4)7-11(16)23-12/h7,9H,5-6,8H2,1-4H3,(H,17,20)/t9-/m0/s1. The zero-order valence-electron chi connectivity index (χ0n) is 13.6. The predicted molar refractivity (Wildman–Crippen MR) is 92.2 cm³/mol. The number of alkyl carbamates (subject to hydrolysis) is 1. The summed E-state index contributed by atoms with van der Waals surface area (Å²) < 4.78 is 11.3. The van der Waals surface area contributed by atoms with Crippen LogP contribution in [0.25, 0.3) is 0 Å². The predicted octanol–water partition coefficient (Wildman–Crippen LogP) is 3.26. The van der Waals surface area contributed by atoms with E-state index >= 15 is 0 Å². The van der Waals surface area contributed by atoms with E-state index in [2.05, 4.69) is 21.2 Å². The number of thiophene rings is 1. The van der Waals surface area contributed by atoms with Gasteiger partial charge < -0.3 is 19.7 Å². The van der Waals surface area contributed by atoms with Crippen LogP contribution in [0.4, 0.5) is 4.79 Å². The number of methoxy groups -OCH3 is 1. The first-order valence-corrected chi connectivity index (χ1v) is 8.92. The molecular weight excluding hydrogens is 384 g/mol. The van der Waals surface area contributed by atoms with E-state index < -0.39 is 11.7 Å². The fourth-order valence-corrected chi connectivity index (χ4v) is 3.84. The minimum Gasteiger partial charge on any atom is -0.495 e. The van der Waals surface area contributed by atoms with Crippen molar-refractivity contribution in [2.75, 3.05) is 20.2 Å². The molecule has 8 heteroatoms. The molecule has 0 radical (unpaired) electrons. The van der Waals surface area contributed by atoms with Gasteiger partial charge in [-0.05, 0) is 43.1 Å². The first kappa shape index (κ1) is 18.1. The molecule has 2 rings (SSSR count). The van der Waals surface area contributed by atoms with Gasteiger partial charge in [0.1, 0.15) is 16.2 Å². The topological polar surface area (TPSA) is 67.9 Å². The van der Waals surface area contributed by atoms with Gasteiger partial charge in [0.2, 0.25) is 0 Å². The first-order valence-electron chi connectivity index (χ1n) is 7.31. The summed E-state index contributed by atoms with van der Waals surface area (Å²) in [4.78, 5) is 26.7. The number of ether oxygens (including phenoxy) is 2. The lowest BCUT2D eigenvalue weighted by molar-refractivity contribution is 0.0502. The Hall–Kier alpha value is -1.28. The van der Waals surface area contributed by atoms with Gasteiger partial charge in [0, 0.05) is 19.2 Å². The van der Waals surface area contributed by atoms with E-state index in [0.717, 1.165) is 3.79 Å². The van der Waals surface area contributed by atoms with Gasteiger partial charge in [-0.15, -0.1) is 11.3 Å². The molecule has 2 amide bonds. The number of likely N-dealkylation sites (tertiary alicyclic amines) is 1. The Morgan fingerprint density at radius 2 is 2.13 bits per heavy atom. The summed E-state index contributed by atoms with van der Waals surface area (Å²) in [6, 6.07) is 1.69. The highest BCUT2D eigenvalue weighted by Gasteiger charge is 2.31. The van der Waals surface area contributed by atoms with Gasteiger partial charge >= 0.3 is 6.09 Å². The molecule has 1 aromatic rings. The van der Waals surface area contributed by atoms with E-state index in [1.54, 1.807) is 18.1 Å². The second kappa shape index (κ2) is 7.09. The molecule has 23 heavy (non-hydrogen) atoms. The largest absolute Gasteiger partial charge is 0.495 e. The van der Waals surface area contributed by atoms with Crippen molar-refractivity contribution < 1.29 is 19.1 Å². The van der Waals surface area contributed by atoms with Gasteiger partial charge in [0.05, 0.1) is 16.9 Å². The highest BCUT2D eigenvalue weighted by molar-refractivity contribution is 9.11. The lowest BCUT2D eigenvalue weighted by Crippen LogP contribution is -2.41. The molecule has 1 aliphatic rings. The fraction of sp³-hybridized carbons (Fsp3) is 0.600. The molecule has 0 unspecified atom stereocenters. The Balaban J connectivity index is 1.94. The van der Waals surface area contributed by atoms with Crippen LogP contribution in [0.2, 0.25) is 0 Å². The smallest absolute Gasteiger partial charge is 0.407 e. The number of carbonyl (C=O) groups excluding carboxylic acids is 2. The van der Waals surface area contributed by atoms with Crippen molar-refractivity contribution in [3.05, 3.63) is 14.7 Å². The van der Waals surface area contributed by atoms with Gasteiger partial charge in [-0.25, -0.2) is 4.79 Å². The number of amides is 2. The van der Waals surface area contributed by atoms with Crippen molar-refractivity contribution in [3.8, 4) is 5.75 Å². The molecule has 0 saturated carbocycles. The Bertz CT molecular complexity index is 597. The van der Waals surface area contributed by atoms with Crippen molar-refractivity contribution in [3.63, 3.8) is 0 Å². The monoisotopic (exact) mass is 404 g/mol. The average molecular weight is 405 g/mol. The van der Waals surface area contributed by atoms with Crippen LogP contribution in [-0.2, 0) is 4.74 Å². The molecule has 1 aliphatic heterocycles. The molecule has 1 aromatic heterocycles. The Morgan fingerprint density at radius 3 is 2.74 bits per heavy atom. The van der Waals surface area contributed by atoms with Gasteiger partial charge in [-0.2, -0.15) is 0 Å². The van der Waals surface area contributed by atoms with Crippen LogP contribution in [0.15, 0.2) is 9.85 Å². The number of nitrogens with one attached hydrogen (secondary N) is 1. The zero-order valence-corrected chi connectivity index (χ0v) is 16.0. The zero-order chi connectivity index (χ0) is 17.2. The van der Waals surface area contributed by atoms with Crippen molar-refractivity contribution in [1.29, 1.82) is 0 Å². The molecule has 1 N–H and O–H groups in total. The highest BCUT2D eigenvalue weighted by atomic mass is 79.9. The van der Waals surface area contributed by atoms with Crippen LogP contribution in [-0.4, -0.2) is 48.7 Å².